The van der Waals surface area contributed by atoms with Gasteiger partial charge in [-0.05, 0) is 6.42 Å². The van der Waals surface area contributed by atoms with Crippen molar-refractivity contribution in [2.45, 2.75) is 25.3 Å². The van der Waals surface area contributed by atoms with Crippen molar-refractivity contribution in [3.63, 3.8) is 0 Å². The van der Waals surface area contributed by atoms with Crippen molar-refractivity contribution in [2.75, 3.05) is 6.61 Å². The number of carboxylic acid groups (broad SMARTS) is 1. The minimum Gasteiger partial charge on any atom is -0.488 e. The smallest absolute Gasteiger partial charge is 0.325 e. The van der Waals surface area contributed by atoms with E-state index in [1.807, 2.05) is 6.92 Å². The fraction of sp³-hybridized carbons (Fsp3) is 0.556. The summed E-state index contributed by atoms with van der Waals surface area (Å²) in [6.07, 6.45) is 4.24. The van der Waals surface area contributed by atoms with E-state index in [0.717, 1.165) is 13.0 Å². The van der Waals surface area contributed by atoms with Gasteiger partial charge in [0.15, 0.2) is 11.1 Å². The zero-order valence-corrected chi connectivity index (χ0v) is 9.15. The molecule has 1 heterocycles. The van der Waals surface area contributed by atoms with E-state index in [-0.39, 0.29) is 6.61 Å². The number of aryl methyl sites for hydroxylation is 1. The first-order valence-corrected chi connectivity index (χ1v) is 5.09. The Morgan fingerprint density at radius 1 is 1.80 bits per heavy atom. The molecular weight excluding hydrogens is 220 g/mol. The van der Waals surface area contributed by atoms with Crippen LogP contribution in [-0.2, 0) is 11.3 Å². The minimum absolute atomic E-state index is 0.0608. The van der Waals surface area contributed by atoms with Crippen LogP contribution in [0.4, 0.5) is 0 Å². The Morgan fingerprint density at radius 2 is 2.53 bits per heavy atom. The summed E-state index contributed by atoms with van der Waals surface area (Å²) >= 11 is 5.48. The van der Waals surface area contributed by atoms with Gasteiger partial charge < -0.3 is 9.84 Å². The average Bonchev–Trinajstić information content (AvgIpc) is 2.62. The largest absolute Gasteiger partial charge is 0.488 e. The van der Waals surface area contributed by atoms with Gasteiger partial charge in [-0.1, -0.05) is 6.92 Å². The second-order valence-corrected chi connectivity index (χ2v) is 3.58. The van der Waals surface area contributed by atoms with Crippen molar-refractivity contribution in [3.8, 4) is 5.75 Å². The molecule has 0 bridgehead atoms. The van der Waals surface area contributed by atoms with Gasteiger partial charge in [0.2, 0.25) is 0 Å². The molecule has 1 atom stereocenters. The Morgan fingerprint density at radius 3 is 3.13 bits per heavy atom. The Hall–Kier alpha value is -1.23. The molecule has 0 aliphatic carbocycles. The van der Waals surface area contributed by atoms with E-state index in [4.69, 9.17) is 21.4 Å². The topological polar surface area (TPSA) is 64.3 Å². The first-order valence-electron chi connectivity index (χ1n) is 4.65. The Balaban J connectivity index is 2.40. The Labute approximate surface area is 92.6 Å². The molecule has 1 rings (SSSR count). The summed E-state index contributed by atoms with van der Waals surface area (Å²) in [5.74, 6) is -0.548. The third-order valence-electron chi connectivity index (χ3n) is 1.73. The number of rotatable bonds is 6. The van der Waals surface area contributed by atoms with E-state index in [1.54, 1.807) is 17.1 Å². The molecule has 0 fully saturated rings. The molecule has 0 radical (unpaired) electrons. The maximum absolute atomic E-state index is 10.4. The van der Waals surface area contributed by atoms with Crippen molar-refractivity contribution in [2.24, 2.45) is 0 Å². The highest BCUT2D eigenvalue weighted by atomic mass is 35.5. The van der Waals surface area contributed by atoms with Crippen LogP contribution < -0.4 is 4.74 Å². The number of carbonyl (C=O) groups is 1. The molecule has 84 valence electrons. The predicted octanol–water partition coefficient (Wildman–Crippen LogP) is 1.36. The lowest BCUT2D eigenvalue weighted by atomic mass is 10.4. The number of hydrogen-bond donors (Lipinski definition) is 1. The van der Waals surface area contributed by atoms with Crippen molar-refractivity contribution in [3.05, 3.63) is 12.4 Å². The zero-order valence-electron chi connectivity index (χ0n) is 8.39. The first-order chi connectivity index (χ1) is 7.13. The third-order valence-corrected chi connectivity index (χ3v) is 2.04. The highest BCUT2D eigenvalue weighted by Crippen LogP contribution is 2.10. The van der Waals surface area contributed by atoms with Crippen molar-refractivity contribution < 1.29 is 14.6 Å². The minimum atomic E-state index is -1.09. The number of aliphatic carboxylic acids is 1. The molecule has 15 heavy (non-hydrogen) atoms. The average molecular weight is 233 g/mol. The van der Waals surface area contributed by atoms with Crippen LogP contribution in [0, 0.1) is 0 Å². The van der Waals surface area contributed by atoms with E-state index in [9.17, 15) is 4.79 Å². The molecule has 6 heteroatoms. The summed E-state index contributed by atoms with van der Waals surface area (Å²) in [6, 6.07) is 0. The summed E-state index contributed by atoms with van der Waals surface area (Å²) in [5.41, 5.74) is 0. The fourth-order valence-corrected chi connectivity index (χ4v) is 1.07. The van der Waals surface area contributed by atoms with Crippen LogP contribution in [-0.4, -0.2) is 32.8 Å². The predicted molar refractivity (Wildman–Crippen MR) is 55.3 cm³/mol. The quantitative estimate of drug-likeness (QED) is 0.753. The van der Waals surface area contributed by atoms with Gasteiger partial charge >= 0.3 is 5.97 Å². The van der Waals surface area contributed by atoms with Gasteiger partial charge in [0.1, 0.15) is 6.61 Å². The van der Waals surface area contributed by atoms with Crippen LogP contribution in [0.3, 0.4) is 0 Å². The maximum atomic E-state index is 10.4. The molecule has 0 aromatic carbocycles. The first kappa shape index (κ1) is 11.8. The second-order valence-electron chi connectivity index (χ2n) is 3.06. The summed E-state index contributed by atoms with van der Waals surface area (Å²) < 4.78 is 6.90. The standard InChI is InChI=1S/C9H13ClN2O3/c1-2-3-12-5-7(4-11-12)15-6-8(10)9(13)14/h4-5,8H,2-3,6H2,1H3,(H,13,14). The Bertz CT molecular complexity index is 327. The van der Waals surface area contributed by atoms with Gasteiger partial charge in [-0.15, -0.1) is 11.6 Å². The van der Waals surface area contributed by atoms with Crippen LogP contribution in [0.1, 0.15) is 13.3 Å². The molecule has 0 saturated heterocycles. The molecule has 0 aliphatic heterocycles. The summed E-state index contributed by atoms with van der Waals surface area (Å²) in [5, 5.41) is 11.5. The summed E-state index contributed by atoms with van der Waals surface area (Å²) in [6.45, 7) is 2.79. The van der Waals surface area contributed by atoms with Gasteiger partial charge in [0, 0.05) is 6.54 Å². The number of alkyl halides is 1. The number of nitrogens with zero attached hydrogens (tertiary/aromatic N) is 2. The fourth-order valence-electron chi connectivity index (χ4n) is 1.01. The van der Waals surface area contributed by atoms with Crippen LogP contribution >= 0.6 is 11.6 Å². The summed E-state index contributed by atoms with van der Waals surface area (Å²) in [4.78, 5) is 10.4. The zero-order chi connectivity index (χ0) is 11.3. The lowest BCUT2D eigenvalue weighted by molar-refractivity contribution is -0.137. The number of ether oxygens (including phenoxy) is 1. The molecule has 1 unspecified atom stereocenters. The SMILES string of the molecule is CCCn1cc(OCC(Cl)C(=O)O)cn1. The number of aromatic nitrogens is 2. The lowest BCUT2D eigenvalue weighted by Crippen LogP contribution is -2.21. The van der Waals surface area contributed by atoms with Gasteiger partial charge in [-0.25, -0.2) is 0 Å². The van der Waals surface area contributed by atoms with E-state index in [0.29, 0.717) is 5.75 Å². The van der Waals surface area contributed by atoms with Crippen LogP contribution in [0.25, 0.3) is 0 Å². The molecule has 1 aromatic rings. The van der Waals surface area contributed by atoms with Crippen molar-refractivity contribution in [1.29, 1.82) is 0 Å². The summed E-state index contributed by atoms with van der Waals surface area (Å²) in [7, 11) is 0. The second kappa shape index (κ2) is 5.60. The van der Waals surface area contributed by atoms with E-state index >= 15 is 0 Å². The molecule has 0 aliphatic rings. The van der Waals surface area contributed by atoms with E-state index in [1.165, 1.54) is 0 Å². The van der Waals surface area contributed by atoms with Crippen LogP contribution in [0.15, 0.2) is 12.4 Å². The Kier molecular flexibility index (Phi) is 4.42. The monoisotopic (exact) mass is 232 g/mol. The van der Waals surface area contributed by atoms with E-state index in [2.05, 4.69) is 5.10 Å². The molecule has 0 saturated carbocycles. The molecule has 1 aromatic heterocycles. The van der Waals surface area contributed by atoms with Gasteiger partial charge in [-0.2, -0.15) is 5.10 Å². The maximum Gasteiger partial charge on any atom is 0.325 e. The van der Waals surface area contributed by atoms with Crippen LogP contribution in [0.5, 0.6) is 5.75 Å². The van der Waals surface area contributed by atoms with Gasteiger partial charge in [0.05, 0.1) is 12.4 Å². The van der Waals surface area contributed by atoms with Gasteiger partial charge in [0.25, 0.3) is 0 Å². The number of carboxylic acids is 1. The normalized spacial score (nSPS) is 12.4. The molecule has 0 spiro atoms. The van der Waals surface area contributed by atoms with E-state index < -0.39 is 11.3 Å². The number of hydrogen-bond acceptors (Lipinski definition) is 3. The highest BCUT2D eigenvalue weighted by molar-refractivity contribution is 6.29. The molecular formula is C9H13ClN2O3. The van der Waals surface area contributed by atoms with Gasteiger partial charge in [-0.3, -0.25) is 9.48 Å². The van der Waals surface area contributed by atoms with Crippen LogP contribution in [0.2, 0.25) is 0 Å². The molecule has 1 N–H and O–H groups in total. The molecule has 5 nitrogen and oxygen atoms in total. The highest BCUT2D eigenvalue weighted by Gasteiger charge is 2.14. The van der Waals surface area contributed by atoms with Crippen molar-refractivity contribution in [1.82, 2.24) is 9.78 Å². The third kappa shape index (κ3) is 3.79. The van der Waals surface area contributed by atoms with Crippen molar-refractivity contribution >= 4 is 17.6 Å². The number of halogens is 1. The molecule has 0 amide bonds. The lowest BCUT2D eigenvalue weighted by Gasteiger charge is -2.04.